The molecule has 3 aromatic rings. The highest BCUT2D eigenvalue weighted by molar-refractivity contribution is 5.92. The fraction of sp³-hybridized carbons (Fsp3) is 0.105. The lowest BCUT2D eigenvalue weighted by Crippen LogP contribution is -2.24. The van der Waals surface area contributed by atoms with Crippen molar-refractivity contribution in [1.82, 2.24) is 15.3 Å². The maximum absolute atomic E-state index is 13.6. The number of methoxy groups -OCH3 is 1. The van der Waals surface area contributed by atoms with E-state index in [0.29, 0.717) is 17.1 Å². The smallest absolute Gasteiger partial charge is 0.271 e. The van der Waals surface area contributed by atoms with Crippen LogP contribution in [-0.4, -0.2) is 23.0 Å². The van der Waals surface area contributed by atoms with Crippen LogP contribution in [-0.2, 0) is 6.54 Å². The van der Waals surface area contributed by atoms with Gasteiger partial charge in [0, 0.05) is 23.9 Å². The average molecular weight is 352 g/mol. The van der Waals surface area contributed by atoms with Crippen LogP contribution in [0.4, 0.5) is 15.9 Å². The highest BCUT2D eigenvalue weighted by atomic mass is 19.1. The molecule has 132 valence electrons. The maximum Gasteiger partial charge on any atom is 0.271 e. The van der Waals surface area contributed by atoms with Crippen molar-refractivity contribution in [2.75, 3.05) is 12.4 Å². The fourth-order valence-electron chi connectivity index (χ4n) is 2.27. The zero-order valence-electron chi connectivity index (χ0n) is 14.1. The number of nitrogens with one attached hydrogen (secondary N) is 2. The van der Waals surface area contributed by atoms with Gasteiger partial charge in [0.1, 0.15) is 23.1 Å². The fourth-order valence-corrected chi connectivity index (χ4v) is 2.27. The lowest BCUT2D eigenvalue weighted by molar-refractivity contribution is 0.0945. The van der Waals surface area contributed by atoms with Crippen molar-refractivity contribution in [3.63, 3.8) is 0 Å². The number of halogens is 1. The Hall–Kier alpha value is -3.48. The number of carbonyl (C=O) groups is 1. The van der Waals surface area contributed by atoms with E-state index in [2.05, 4.69) is 20.6 Å². The minimum atomic E-state index is -0.423. The molecule has 0 saturated carbocycles. The highest BCUT2D eigenvalue weighted by Gasteiger charge is 2.09. The molecule has 3 rings (SSSR count). The molecule has 1 heterocycles. The van der Waals surface area contributed by atoms with Gasteiger partial charge in [0.15, 0.2) is 0 Å². The third-order valence-electron chi connectivity index (χ3n) is 3.62. The van der Waals surface area contributed by atoms with Crippen molar-refractivity contribution < 1.29 is 13.9 Å². The molecule has 26 heavy (non-hydrogen) atoms. The summed E-state index contributed by atoms with van der Waals surface area (Å²) in [5, 5.41) is 5.70. The molecule has 0 spiro atoms. The zero-order chi connectivity index (χ0) is 18.4. The second-order valence-electron chi connectivity index (χ2n) is 5.42. The standard InChI is InChI=1S/C19H17FN4O2/c1-26-15-7-4-6-14(9-15)24-18-12-21-17(11-22-18)19(25)23-10-13-5-2-3-8-16(13)20/h2-9,11-12H,10H2,1H3,(H,22,24)(H,23,25). The van der Waals surface area contributed by atoms with E-state index in [1.54, 1.807) is 25.3 Å². The molecule has 0 atom stereocenters. The van der Waals surface area contributed by atoms with Crippen molar-refractivity contribution in [3.8, 4) is 5.75 Å². The van der Waals surface area contributed by atoms with Crippen molar-refractivity contribution in [2.24, 2.45) is 0 Å². The molecule has 0 unspecified atom stereocenters. The van der Waals surface area contributed by atoms with E-state index in [-0.39, 0.29) is 18.1 Å². The Morgan fingerprint density at radius 3 is 2.69 bits per heavy atom. The number of ether oxygens (including phenoxy) is 1. The van der Waals surface area contributed by atoms with Crippen molar-refractivity contribution in [2.45, 2.75) is 6.54 Å². The van der Waals surface area contributed by atoms with Gasteiger partial charge in [0.05, 0.1) is 19.5 Å². The zero-order valence-corrected chi connectivity index (χ0v) is 14.1. The molecule has 1 aromatic heterocycles. The molecule has 0 saturated heterocycles. The number of nitrogens with zero attached hydrogens (tertiary/aromatic N) is 2. The first-order chi connectivity index (χ1) is 12.7. The Labute approximate surface area is 150 Å². The first-order valence-corrected chi connectivity index (χ1v) is 7.90. The van der Waals surface area contributed by atoms with E-state index in [1.807, 2.05) is 24.3 Å². The van der Waals surface area contributed by atoms with Crippen molar-refractivity contribution >= 4 is 17.4 Å². The monoisotopic (exact) mass is 352 g/mol. The number of carbonyl (C=O) groups excluding carboxylic acids is 1. The number of benzene rings is 2. The molecule has 7 heteroatoms. The van der Waals surface area contributed by atoms with Crippen LogP contribution in [0.5, 0.6) is 5.75 Å². The lowest BCUT2D eigenvalue weighted by Gasteiger charge is -2.08. The minimum absolute atomic E-state index is 0.0804. The van der Waals surface area contributed by atoms with Crippen LogP contribution >= 0.6 is 0 Å². The summed E-state index contributed by atoms with van der Waals surface area (Å²) in [6.45, 7) is 0.0804. The predicted molar refractivity (Wildman–Crippen MR) is 95.9 cm³/mol. The molecule has 0 fully saturated rings. The largest absolute Gasteiger partial charge is 0.497 e. The van der Waals surface area contributed by atoms with Gasteiger partial charge in [0.25, 0.3) is 5.91 Å². The number of aromatic nitrogens is 2. The Morgan fingerprint density at radius 1 is 1.12 bits per heavy atom. The van der Waals surface area contributed by atoms with Gasteiger partial charge in [-0.2, -0.15) is 0 Å². The molecule has 0 aliphatic carbocycles. The summed E-state index contributed by atoms with van der Waals surface area (Å²) in [6.07, 6.45) is 2.82. The van der Waals surface area contributed by atoms with Crippen molar-refractivity contribution in [1.29, 1.82) is 0 Å². The summed E-state index contributed by atoms with van der Waals surface area (Å²) < 4.78 is 18.7. The van der Waals surface area contributed by atoms with Gasteiger partial charge in [-0.3, -0.25) is 4.79 Å². The van der Waals surface area contributed by atoms with Crippen LogP contribution in [0.2, 0.25) is 0 Å². The number of hydrogen-bond acceptors (Lipinski definition) is 5. The van der Waals surface area contributed by atoms with Gasteiger partial charge >= 0.3 is 0 Å². The minimum Gasteiger partial charge on any atom is -0.497 e. The predicted octanol–water partition coefficient (Wildman–Crippen LogP) is 3.30. The SMILES string of the molecule is COc1cccc(Nc2cnc(C(=O)NCc3ccccc3F)cn2)c1. The highest BCUT2D eigenvalue weighted by Crippen LogP contribution is 2.19. The molecule has 2 N–H and O–H groups in total. The summed E-state index contributed by atoms with van der Waals surface area (Å²) in [5.74, 6) is 0.418. The summed E-state index contributed by atoms with van der Waals surface area (Å²) >= 11 is 0. The summed E-state index contributed by atoms with van der Waals surface area (Å²) in [7, 11) is 1.59. The first-order valence-electron chi connectivity index (χ1n) is 7.90. The normalized spacial score (nSPS) is 10.2. The Bertz CT molecular complexity index is 900. The van der Waals surface area contributed by atoms with Crippen LogP contribution < -0.4 is 15.4 Å². The molecular weight excluding hydrogens is 335 g/mol. The lowest BCUT2D eigenvalue weighted by atomic mass is 10.2. The Kier molecular flexibility index (Phi) is 5.38. The third kappa shape index (κ3) is 4.32. The van der Waals surface area contributed by atoms with Gasteiger partial charge in [-0.1, -0.05) is 24.3 Å². The van der Waals surface area contributed by atoms with Crippen LogP contribution in [0.1, 0.15) is 16.1 Å². The molecule has 1 amide bonds. The van der Waals surface area contributed by atoms with Crippen LogP contribution in [0.15, 0.2) is 60.9 Å². The van der Waals surface area contributed by atoms with Gasteiger partial charge in [-0.15, -0.1) is 0 Å². The third-order valence-corrected chi connectivity index (χ3v) is 3.62. The van der Waals surface area contributed by atoms with E-state index in [4.69, 9.17) is 4.74 Å². The number of rotatable bonds is 6. The van der Waals surface area contributed by atoms with Crippen LogP contribution in [0.25, 0.3) is 0 Å². The van der Waals surface area contributed by atoms with Gasteiger partial charge in [0.2, 0.25) is 0 Å². The molecular formula is C19H17FN4O2. The molecule has 0 radical (unpaired) electrons. The summed E-state index contributed by atoms with van der Waals surface area (Å²) in [4.78, 5) is 20.4. The van der Waals surface area contributed by atoms with E-state index in [0.717, 1.165) is 5.69 Å². The van der Waals surface area contributed by atoms with Gasteiger partial charge in [-0.25, -0.2) is 14.4 Å². The van der Waals surface area contributed by atoms with Gasteiger partial charge in [-0.05, 0) is 18.2 Å². The number of amides is 1. The average Bonchev–Trinajstić information content (AvgIpc) is 2.68. The van der Waals surface area contributed by atoms with Crippen LogP contribution in [0, 0.1) is 5.82 Å². The van der Waals surface area contributed by atoms with Crippen molar-refractivity contribution in [3.05, 3.63) is 78.0 Å². The number of hydrogen-bond donors (Lipinski definition) is 2. The Morgan fingerprint density at radius 2 is 1.96 bits per heavy atom. The van der Waals surface area contributed by atoms with E-state index < -0.39 is 5.91 Å². The summed E-state index contributed by atoms with van der Waals surface area (Å²) in [5.41, 5.74) is 1.35. The van der Waals surface area contributed by atoms with E-state index in [9.17, 15) is 9.18 Å². The maximum atomic E-state index is 13.6. The second-order valence-corrected chi connectivity index (χ2v) is 5.42. The second kappa shape index (κ2) is 8.06. The molecule has 2 aromatic carbocycles. The van der Waals surface area contributed by atoms with E-state index >= 15 is 0 Å². The summed E-state index contributed by atoms with van der Waals surface area (Å²) in [6, 6.07) is 13.6. The molecule has 0 aliphatic rings. The Balaban J connectivity index is 1.61. The number of anilines is 2. The van der Waals surface area contributed by atoms with Crippen LogP contribution in [0.3, 0.4) is 0 Å². The molecule has 6 nitrogen and oxygen atoms in total. The molecule has 0 bridgehead atoms. The quantitative estimate of drug-likeness (QED) is 0.712. The van der Waals surface area contributed by atoms with Gasteiger partial charge < -0.3 is 15.4 Å². The van der Waals surface area contributed by atoms with E-state index in [1.165, 1.54) is 18.5 Å². The topological polar surface area (TPSA) is 76.1 Å². The first kappa shape index (κ1) is 17.3. The molecule has 0 aliphatic heterocycles.